The number of carbonyl (C=O) groups excluding carboxylic acids is 2. The molecule has 2 N–H and O–H groups in total. The minimum atomic E-state index is -0.838. The molecule has 27 heavy (non-hydrogen) atoms. The molecule has 0 aliphatic carbocycles. The smallest absolute Gasteiger partial charge is 0.329 e. The van der Waals surface area contributed by atoms with Crippen LogP contribution >= 0.6 is 22.9 Å². The van der Waals surface area contributed by atoms with Gasteiger partial charge >= 0.3 is 11.8 Å². The predicted octanol–water partition coefficient (Wildman–Crippen LogP) is 3.82. The Morgan fingerprint density at radius 2 is 1.89 bits per heavy atom. The zero-order chi connectivity index (χ0) is 19.2. The lowest BCUT2D eigenvalue weighted by Crippen LogP contribution is -2.37. The number of benzene rings is 1. The van der Waals surface area contributed by atoms with Gasteiger partial charge in [-0.25, -0.2) is 5.43 Å². The fraction of sp³-hybridized carbons (Fsp3) is 0.105. The molecule has 0 saturated heterocycles. The Morgan fingerprint density at radius 3 is 2.59 bits per heavy atom. The van der Waals surface area contributed by atoms with E-state index in [4.69, 9.17) is 16.0 Å². The highest BCUT2D eigenvalue weighted by Crippen LogP contribution is 2.29. The SMILES string of the molecule is C/C(=N/NC(=O)C(=O)NCc1ccco1)c1ccc(-c2ccc(Cl)cc2)s1. The molecule has 6 nitrogen and oxygen atoms in total. The first-order chi connectivity index (χ1) is 13.0. The summed E-state index contributed by atoms with van der Waals surface area (Å²) >= 11 is 7.44. The maximum atomic E-state index is 11.8. The summed E-state index contributed by atoms with van der Waals surface area (Å²) < 4.78 is 5.09. The normalized spacial score (nSPS) is 11.3. The molecule has 0 atom stereocenters. The summed E-state index contributed by atoms with van der Waals surface area (Å²) in [5, 5.41) is 7.14. The Morgan fingerprint density at radius 1 is 1.11 bits per heavy atom. The summed E-state index contributed by atoms with van der Waals surface area (Å²) in [4.78, 5) is 25.5. The molecule has 0 aliphatic rings. The largest absolute Gasteiger partial charge is 0.467 e. The van der Waals surface area contributed by atoms with Crippen molar-refractivity contribution in [2.24, 2.45) is 5.10 Å². The van der Waals surface area contributed by atoms with Gasteiger partial charge in [-0.15, -0.1) is 11.3 Å². The Hall–Kier alpha value is -2.90. The van der Waals surface area contributed by atoms with E-state index in [-0.39, 0.29) is 6.54 Å². The summed E-state index contributed by atoms with van der Waals surface area (Å²) in [6.45, 7) is 1.90. The van der Waals surface area contributed by atoms with E-state index < -0.39 is 11.8 Å². The van der Waals surface area contributed by atoms with Crippen molar-refractivity contribution in [1.29, 1.82) is 0 Å². The van der Waals surface area contributed by atoms with Gasteiger partial charge in [-0.3, -0.25) is 9.59 Å². The van der Waals surface area contributed by atoms with Crippen LogP contribution in [0.2, 0.25) is 5.02 Å². The molecule has 3 rings (SSSR count). The fourth-order valence-electron chi connectivity index (χ4n) is 2.20. The van der Waals surface area contributed by atoms with E-state index in [1.54, 1.807) is 19.1 Å². The maximum Gasteiger partial charge on any atom is 0.329 e. The molecular weight excluding hydrogens is 386 g/mol. The second-order valence-electron chi connectivity index (χ2n) is 5.57. The molecule has 1 aromatic carbocycles. The average molecular weight is 402 g/mol. The van der Waals surface area contributed by atoms with E-state index in [2.05, 4.69) is 15.8 Å². The first-order valence-electron chi connectivity index (χ1n) is 8.04. The third-order valence-electron chi connectivity index (χ3n) is 3.63. The minimum absolute atomic E-state index is 0.136. The summed E-state index contributed by atoms with van der Waals surface area (Å²) in [5.41, 5.74) is 3.91. The molecule has 0 radical (unpaired) electrons. The zero-order valence-corrected chi connectivity index (χ0v) is 15.9. The quantitative estimate of drug-likeness (QED) is 0.387. The number of thiophene rings is 1. The predicted molar refractivity (Wildman–Crippen MR) is 106 cm³/mol. The summed E-state index contributed by atoms with van der Waals surface area (Å²) in [7, 11) is 0. The van der Waals surface area contributed by atoms with Crippen LogP contribution in [0.3, 0.4) is 0 Å². The van der Waals surface area contributed by atoms with Crippen molar-refractivity contribution in [2.45, 2.75) is 13.5 Å². The number of hydrazone groups is 1. The third kappa shape index (κ3) is 5.06. The lowest BCUT2D eigenvalue weighted by Gasteiger charge is -2.02. The summed E-state index contributed by atoms with van der Waals surface area (Å²) in [6, 6.07) is 14.8. The van der Waals surface area contributed by atoms with E-state index in [1.165, 1.54) is 17.6 Å². The first kappa shape index (κ1) is 18.9. The van der Waals surface area contributed by atoms with Crippen LogP contribution in [0, 0.1) is 0 Å². The van der Waals surface area contributed by atoms with Crippen LogP contribution in [0.15, 0.2) is 64.3 Å². The van der Waals surface area contributed by atoms with E-state index in [1.807, 2.05) is 36.4 Å². The van der Waals surface area contributed by atoms with Gasteiger partial charge in [0.15, 0.2) is 0 Å². The number of amides is 2. The van der Waals surface area contributed by atoms with Gasteiger partial charge in [0.05, 0.1) is 23.4 Å². The van der Waals surface area contributed by atoms with Gasteiger partial charge in [0.1, 0.15) is 5.76 Å². The van der Waals surface area contributed by atoms with Crippen molar-refractivity contribution in [3.05, 3.63) is 70.5 Å². The van der Waals surface area contributed by atoms with Crippen molar-refractivity contribution in [1.82, 2.24) is 10.7 Å². The van der Waals surface area contributed by atoms with Gasteiger partial charge in [0.2, 0.25) is 0 Å². The van der Waals surface area contributed by atoms with Gasteiger partial charge in [-0.05, 0) is 48.9 Å². The van der Waals surface area contributed by atoms with Gasteiger partial charge in [0.25, 0.3) is 0 Å². The molecule has 0 bridgehead atoms. The molecule has 0 spiro atoms. The Bertz CT molecular complexity index is 963. The zero-order valence-electron chi connectivity index (χ0n) is 14.4. The Labute approximate surface area is 164 Å². The molecule has 2 aromatic heterocycles. The van der Waals surface area contributed by atoms with Crippen molar-refractivity contribution in [3.63, 3.8) is 0 Å². The molecule has 0 unspecified atom stereocenters. The molecule has 0 fully saturated rings. The van der Waals surface area contributed by atoms with E-state index in [0.717, 1.165) is 15.3 Å². The lowest BCUT2D eigenvalue weighted by atomic mass is 10.2. The number of carbonyl (C=O) groups is 2. The highest BCUT2D eigenvalue weighted by atomic mass is 35.5. The lowest BCUT2D eigenvalue weighted by molar-refractivity contribution is -0.139. The number of rotatable bonds is 5. The molecule has 0 aliphatic heterocycles. The second kappa shape index (κ2) is 8.66. The maximum absolute atomic E-state index is 11.8. The van der Waals surface area contributed by atoms with Crippen molar-refractivity contribution in [2.75, 3.05) is 0 Å². The number of nitrogens with zero attached hydrogens (tertiary/aromatic N) is 1. The highest BCUT2D eigenvalue weighted by molar-refractivity contribution is 7.17. The minimum Gasteiger partial charge on any atom is -0.467 e. The molecule has 0 saturated carbocycles. The Balaban J connectivity index is 1.57. The van der Waals surface area contributed by atoms with Crippen molar-refractivity contribution in [3.8, 4) is 10.4 Å². The van der Waals surface area contributed by atoms with Crippen LogP contribution in [0.5, 0.6) is 0 Å². The summed E-state index contributed by atoms with van der Waals surface area (Å²) in [5.74, 6) is -1.06. The number of nitrogens with one attached hydrogen (secondary N) is 2. The monoisotopic (exact) mass is 401 g/mol. The van der Waals surface area contributed by atoms with Crippen LogP contribution in [-0.4, -0.2) is 17.5 Å². The second-order valence-corrected chi connectivity index (χ2v) is 7.09. The number of furan rings is 1. The highest BCUT2D eigenvalue weighted by Gasteiger charge is 2.13. The van der Waals surface area contributed by atoms with Crippen LogP contribution in [-0.2, 0) is 16.1 Å². The number of hydrogen-bond acceptors (Lipinski definition) is 5. The summed E-state index contributed by atoms with van der Waals surface area (Å²) in [6.07, 6.45) is 1.49. The van der Waals surface area contributed by atoms with Gasteiger partial charge in [-0.1, -0.05) is 23.7 Å². The average Bonchev–Trinajstić information content (AvgIpc) is 3.36. The Kier molecular flexibility index (Phi) is 6.05. The van der Waals surface area contributed by atoms with E-state index in [9.17, 15) is 9.59 Å². The molecule has 138 valence electrons. The van der Waals surface area contributed by atoms with Crippen molar-refractivity contribution >= 4 is 40.5 Å². The van der Waals surface area contributed by atoms with Crippen LogP contribution in [0.1, 0.15) is 17.6 Å². The van der Waals surface area contributed by atoms with E-state index >= 15 is 0 Å². The van der Waals surface area contributed by atoms with Gasteiger partial charge < -0.3 is 9.73 Å². The molecular formula is C19H16ClN3O3S. The number of hydrogen-bond donors (Lipinski definition) is 2. The molecule has 8 heteroatoms. The topological polar surface area (TPSA) is 83.7 Å². The molecule has 2 amide bonds. The van der Waals surface area contributed by atoms with Crippen molar-refractivity contribution < 1.29 is 14.0 Å². The van der Waals surface area contributed by atoms with Gasteiger partial charge in [0, 0.05) is 9.90 Å². The van der Waals surface area contributed by atoms with E-state index in [0.29, 0.717) is 16.5 Å². The first-order valence-corrected chi connectivity index (χ1v) is 9.23. The standard InChI is InChI=1S/C19H16ClN3O3S/c1-12(16-8-9-17(27-16)13-4-6-14(20)7-5-13)22-23-19(25)18(24)21-11-15-3-2-10-26-15/h2-10H,11H2,1H3,(H,21,24)(H,23,25)/b22-12-. The third-order valence-corrected chi connectivity index (χ3v) is 5.12. The van der Waals surface area contributed by atoms with Crippen LogP contribution in [0.4, 0.5) is 0 Å². The van der Waals surface area contributed by atoms with Crippen LogP contribution in [0.25, 0.3) is 10.4 Å². The van der Waals surface area contributed by atoms with Gasteiger partial charge in [-0.2, -0.15) is 5.10 Å². The fourth-order valence-corrected chi connectivity index (χ4v) is 3.29. The number of halogens is 1. The molecule has 2 heterocycles. The molecule has 3 aromatic rings. The van der Waals surface area contributed by atoms with Crippen LogP contribution < -0.4 is 10.7 Å².